The summed E-state index contributed by atoms with van der Waals surface area (Å²) in [5, 5.41) is 6.94. The van der Waals surface area contributed by atoms with Gasteiger partial charge < -0.3 is 10.6 Å². The van der Waals surface area contributed by atoms with Gasteiger partial charge in [0.2, 0.25) is 0 Å². The summed E-state index contributed by atoms with van der Waals surface area (Å²) in [7, 11) is 0. The highest BCUT2D eigenvalue weighted by Gasteiger charge is 2.20. The number of terminal acetylenes is 1. The second-order valence-electron chi connectivity index (χ2n) is 5.84. The zero-order valence-corrected chi connectivity index (χ0v) is 14.2. The molecule has 6 heteroatoms. The van der Waals surface area contributed by atoms with Gasteiger partial charge in [-0.15, -0.1) is 17.8 Å². The van der Waals surface area contributed by atoms with Crippen LogP contribution < -0.4 is 10.6 Å². The summed E-state index contributed by atoms with van der Waals surface area (Å²) in [6.45, 7) is 4.00. The molecule has 5 nitrogen and oxygen atoms in total. The Morgan fingerprint density at radius 2 is 2.17 bits per heavy atom. The number of nitrogens with one attached hydrogen (secondary N) is 2. The van der Waals surface area contributed by atoms with Crippen molar-refractivity contribution in [3.8, 4) is 23.7 Å². The SMILES string of the molecule is C#Cc1sc2c(N[C@@H]3CCNC3)nc(-c3ccncc3)nc2c1C. The highest BCUT2D eigenvalue weighted by atomic mass is 32.1. The number of hydrogen-bond acceptors (Lipinski definition) is 6. The molecule has 1 aliphatic heterocycles. The molecule has 0 amide bonds. The number of rotatable bonds is 3. The maximum atomic E-state index is 5.65. The smallest absolute Gasteiger partial charge is 0.162 e. The molecule has 1 atom stereocenters. The van der Waals surface area contributed by atoms with E-state index in [9.17, 15) is 0 Å². The molecule has 1 saturated heterocycles. The number of fused-ring (bicyclic) bond motifs is 1. The van der Waals surface area contributed by atoms with Crippen LogP contribution in [-0.4, -0.2) is 34.1 Å². The van der Waals surface area contributed by atoms with Crippen molar-refractivity contribution in [1.29, 1.82) is 0 Å². The topological polar surface area (TPSA) is 62.7 Å². The Labute approximate surface area is 144 Å². The monoisotopic (exact) mass is 335 g/mol. The molecule has 0 spiro atoms. The molecule has 3 aromatic heterocycles. The van der Waals surface area contributed by atoms with E-state index >= 15 is 0 Å². The van der Waals surface area contributed by atoms with E-state index in [1.54, 1.807) is 23.7 Å². The van der Waals surface area contributed by atoms with Crippen LogP contribution in [0.5, 0.6) is 0 Å². The minimum atomic E-state index is 0.380. The van der Waals surface area contributed by atoms with Gasteiger partial charge in [0.25, 0.3) is 0 Å². The van der Waals surface area contributed by atoms with Crippen molar-refractivity contribution in [2.45, 2.75) is 19.4 Å². The lowest BCUT2D eigenvalue weighted by atomic mass is 10.2. The molecule has 3 aromatic rings. The zero-order valence-electron chi connectivity index (χ0n) is 13.3. The van der Waals surface area contributed by atoms with Crippen LogP contribution in [-0.2, 0) is 0 Å². The first kappa shape index (κ1) is 15.1. The Kier molecular flexibility index (Phi) is 3.89. The van der Waals surface area contributed by atoms with Crippen molar-refractivity contribution < 1.29 is 0 Å². The first-order valence-electron chi connectivity index (χ1n) is 7.91. The molecule has 2 N–H and O–H groups in total. The molecule has 4 rings (SSSR count). The molecule has 4 heterocycles. The van der Waals surface area contributed by atoms with Crippen LogP contribution in [0.4, 0.5) is 5.82 Å². The standard InChI is InChI=1S/C18H17N5S/c1-3-14-11(2)15-16(24-14)18(21-13-6-9-20-10-13)23-17(22-15)12-4-7-19-8-5-12/h1,4-5,7-8,13,20H,6,9-10H2,2H3,(H,21,22,23)/t13-/m1/s1. The van der Waals surface area contributed by atoms with Crippen molar-refractivity contribution in [3.63, 3.8) is 0 Å². The molecular weight excluding hydrogens is 318 g/mol. The Balaban J connectivity index is 1.89. The van der Waals surface area contributed by atoms with Gasteiger partial charge in [0.1, 0.15) is 5.82 Å². The van der Waals surface area contributed by atoms with Crippen LogP contribution in [0.2, 0.25) is 0 Å². The van der Waals surface area contributed by atoms with E-state index in [1.807, 2.05) is 19.1 Å². The molecule has 0 radical (unpaired) electrons. The third-order valence-corrected chi connectivity index (χ3v) is 5.46. The molecule has 120 valence electrons. The normalized spacial score (nSPS) is 17.1. The fraction of sp³-hybridized carbons (Fsp3) is 0.278. The first-order valence-corrected chi connectivity index (χ1v) is 8.73. The van der Waals surface area contributed by atoms with E-state index in [2.05, 4.69) is 21.5 Å². The minimum Gasteiger partial charge on any atom is -0.365 e. The molecule has 0 aromatic carbocycles. The van der Waals surface area contributed by atoms with Crippen LogP contribution in [0, 0.1) is 19.3 Å². The Bertz CT molecular complexity index is 920. The van der Waals surface area contributed by atoms with Crippen molar-refractivity contribution in [1.82, 2.24) is 20.3 Å². The number of aromatic nitrogens is 3. The fourth-order valence-electron chi connectivity index (χ4n) is 2.92. The third-order valence-electron chi connectivity index (χ3n) is 4.24. The highest BCUT2D eigenvalue weighted by Crippen LogP contribution is 2.35. The van der Waals surface area contributed by atoms with Gasteiger partial charge in [-0.3, -0.25) is 4.98 Å². The predicted octanol–water partition coefficient (Wildman–Crippen LogP) is 2.82. The first-order chi connectivity index (χ1) is 11.8. The van der Waals surface area contributed by atoms with Gasteiger partial charge in [-0.1, -0.05) is 5.92 Å². The van der Waals surface area contributed by atoms with Crippen LogP contribution in [0.1, 0.15) is 16.9 Å². The van der Waals surface area contributed by atoms with Crippen molar-refractivity contribution in [2.75, 3.05) is 18.4 Å². The fourth-order valence-corrected chi connectivity index (χ4v) is 3.93. The zero-order chi connectivity index (χ0) is 16.5. The lowest BCUT2D eigenvalue weighted by Gasteiger charge is -2.13. The van der Waals surface area contributed by atoms with Crippen LogP contribution in [0.3, 0.4) is 0 Å². The highest BCUT2D eigenvalue weighted by molar-refractivity contribution is 7.20. The second kappa shape index (κ2) is 6.19. The van der Waals surface area contributed by atoms with Gasteiger partial charge >= 0.3 is 0 Å². The average Bonchev–Trinajstić information content (AvgIpc) is 3.24. The lowest BCUT2D eigenvalue weighted by molar-refractivity contribution is 0.789. The van der Waals surface area contributed by atoms with E-state index in [0.717, 1.165) is 51.5 Å². The summed E-state index contributed by atoms with van der Waals surface area (Å²) in [5.74, 6) is 4.33. The summed E-state index contributed by atoms with van der Waals surface area (Å²) < 4.78 is 1.03. The molecule has 0 unspecified atom stereocenters. The number of aryl methyl sites for hydroxylation is 1. The number of hydrogen-bond donors (Lipinski definition) is 2. The van der Waals surface area contributed by atoms with Crippen molar-refractivity contribution >= 4 is 27.4 Å². The van der Waals surface area contributed by atoms with E-state index in [0.29, 0.717) is 11.9 Å². The largest absolute Gasteiger partial charge is 0.365 e. The molecule has 1 fully saturated rings. The Morgan fingerprint density at radius 1 is 1.33 bits per heavy atom. The van der Waals surface area contributed by atoms with Crippen LogP contribution in [0.25, 0.3) is 21.6 Å². The van der Waals surface area contributed by atoms with E-state index in [1.165, 1.54) is 0 Å². The average molecular weight is 335 g/mol. The molecule has 0 bridgehead atoms. The van der Waals surface area contributed by atoms with Gasteiger partial charge in [0.15, 0.2) is 5.82 Å². The van der Waals surface area contributed by atoms with Gasteiger partial charge in [-0.05, 0) is 32.0 Å². The molecule has 24 heavy (non-hydrogen) atoms. The second-order valence-corrected chi connectivity index (χ2v) is 6.86. The van der Waals surface area contributed by atoms with E-state index in [-0.39, 0.29) is 0 Å². The van der Waals surface area contributed by atoms with Gasteiger partial charge in [0, 0.05) is 36.1 Å². The molecular formula is C18H17N5S. The van der Waals surface area contributed by atoms with Gasteiger partial charge in [-0.2, -0.15) is 0 Å². The predicted molar refractivity (Wildman–Crippen MR) is 98.2 cm³/mol. The number of thiophene rings is 1. The van der Waals surface area contributed by atoms with Gasteiger partial charge in [-0.25, -0.2) is 9.97 Å². The number of anilines is 1. The lowest BCUT2D eigenvalue weighted by Crippen LogP contribution is -2.22. The Morgan fingerprint density at radius 3 is 2.88 bits per heavy atom. The number of pyridine rings is 1. The summed E-state index contributed by atoms with van der Waals surface area (Å²) in [6, 6.07) is 4.22. The third kappa shape index (κ3) is 2.62. The van der Waals surface area contributed by atoms with Crippen LogP contribution in [0.15, 0.2) is 24.5 Å². The minimum absolute atomic E-state index is 0.380. The number of nitrogens with zero attached hydrogens (tertiary/aromatic N) is 3. The molecule has 1 aliphatic rings. The molecule has 0 aliphatic carbocycles. The summed E-state index contributed by atoms with van der Waals surface area (Å²) in [6.07, 6.45) is 10.2. The molecule has 0 saturated carbocycles. The maximum absolute atomic E-state index is 5.65. The van der Waals surface area contributed by atoms with Gasteiger partial charge in [0.05, 0.1) is 15.1 Å². The summed E-state index contributed by atoms with van der Waals surface area (Å²) in [4.78, 5) is 14.5. The Hall–Kier alpha value is -2.49. The van der Waals surface area contributed by atoms with E-state index in [4.69, 9.17) is 16.4 Å². The van der Waals surface area contributed by atoms with E-state index < -0.39 is 0 Å². The summed E-state index contributed by atoms with van der Waals surface area (Å²) >= 11 is 1.58. The maximum Gasteiger partial charge on any atom is 0.162 e. The quantitative estimate of drug-likeness (QED) is 0.721. The van der Waals surface area contributed by atoms with Crippen LogP contribution >= 0.6 is 11.3 Å². The summed E-state index contributed by atoms with van der Waals surface area (Å²) in [5.41, 5.74) is 2.93. The van der Waals surface area contributed by atoms with Crippen molar-refractivity contribution in [2.24, 2.45) is 0 Å². The van der Waals surface area contributed by atoms with Crippen molar-refractivity contribution in [3.05, 3.63) is 35.0 Å².